The molecule has 0 saturated heterocycles. The summed E-state index contributed by atoms with van der Waals surface area (Å²) in [7, 11) is 0. The summed E-state index contributed by atoms with van der Waals surface area (Å²) >= 11 is 4.47. The number of thioether (sulfide) groups is 1. The Kier molecular flexibility index (Phi) is 4.68. The second-order valence-electron chi connectivity index (χ2n) is 4.81. The number of hydrogen-bond acceptors (Lipinski definition) is 6. The molecular weight excluding hydrogens is 409 g/mol. The highest BCUT2D eigenvalue weighted by Gasteiger charge is 2.33. The van der Waals surface area contributed by atoms with Crippen LogP contribution in [0.25, 0.3) is 11.0 Å². The van der Waals surface area contributed by atoms with Crippen LogP contribution in [0.15, 0.2) is 38.6 Å². The maximum absolute atomic E-state index is 12.7. The summed E-state index contributed by atoms with van der Waals surface area (Å²) in [6.45, 7) is 0. The van der Waals surface area contributed by atoms with Crippen molar-refractivity contribution in [2.45, 2.75) is 17.8 Å². The molecule has 0 bridgehead atoms. The minimum absolute atomic E-state index is 0.00658. The molecule has 0 aliphatic heterocycles. The third-order valence-electron chi connectivity index (χ3n) is 3.08. The Morgan fingerprint density at radius 3 is 2.79 bits per heavy atom. The molecule has 0 fully saturated rings. The maximum Gasteiger partial charge on any atom is 0.433 e. The zero-order valence-electron chi connectivity index (χ0n) is 12.0. The van der Waals surface area contributed by atoms with Gasteiger partial charge in [0.2, 0.25) is 0 Å². The molecule has 0 unspecified atom stereocenters. The molecule has 126 valence electrons. The number of pyridine rings is 1. The molecule has 0 amide bonds. The zero-order valence-corrected chi connectivity index (χ0v) is 14.4. The van der Waals surface area contributed by atoms with Crippen LogP contribution in [0.2, 0.25) is 0 Å². The van der Waals surface area contributed by atoms with Crippen LogP contribution in [0.5, 0.6) is 0 Å². The fraction of sp³-hybridized carbons (Fsp3) is 0.214. The van der Waals surface area contributed by atoms with E-state index in [1.807, 2.05) is 6.07 Å². The van der Waals surface area contributed by atoms with Gasteiger partial charge in [-0.15, -0.1) is 0 Å². The number of aryl methyl sites for hydroxylation is 1. The minimum atomic E-state index is -4.55. The number of rotatable bonds is 4. The van der Waals surface area contributed by atoms with Crippen molar-refractivity contribution in [3.8, 4) is 0 Å². The topological polar surface area (TPSA) is 77.8 Å². The summed E-state index contributed by atoms with van der Waals surface area (Å²) in [6, 6.07) is 2.58. The van der Waals surface area contributed by atoms with Crippen LogP contribution >= 0.6 is 27.7 Å². The van der Waals surface area contributed by atoms with Crippen molar-refractivity contribution in [3.63, 3.8) is 0 Å². The van der Waals surface area contributed by atoms with Gasteiger partial charge in [0.25, 0.3) is 0 Å². The molecule has 3 rings (SSSR count). The first-order valence-corrected chi connectivity index (χ1v) is 8.47. The average Bonchev–Trinajstić information content (AvgIpc) is 2.87. The van der Waals surface area contributed by atoms with Crippen molar-refractivity contribution in [2.24, 2.45) is 0 Å². The molecule has 0 spiro atoms. The highest BCUT2D eigenvalue weighted by molar-refractivity contribution is 9.10. The van der Waals surface area contributed by atoms with Gasteiger partial charge in [0.1, 0.15) is 12.1 Å². The van der Waals surface area contributed by atoms with Crippen molar-refractivity contribution in [3.05, 3.63) is 40.5 Å². The fourth-order valence-corrected chi connectivity index (χ4v) is 3.21. The van der Waals surface area contributed by atoms with E-state index in [0.717, 1.165) is 33.4 Å². The predicted molar refractivity (Wildman–Crippen MR) is 87.6 cm³/mol. The Labute approximate surface area is 147 Å². The first-order valence-electron chi connectivity index (χ1n) is 6.69. The number of furan rings is 1. The normalized spacial score (nSPS) is 12.0. The van der Waals surface area contributed by atoms with Crippen LogP contribution in [-0.2, 0) is 12.6 Å². The van der Waals surface area contributed by atoms with Crippen molar-refractivity contribution < 1.29 is 17.6 Å². The molecule has 0 aromatic carbocycles. The molecular formula is C14H10BrF3N4OS. The van der Waals surface area contributed by atoms with Gasteiger partial charge in [-0.25, -0.2) is 9.97 Å². The first kappa shape index (κ1) is 17.0. The number of aromatic nitrogens is 3. The Balaban J connectivity index is 1.69. The van der Waals surface area contributed by atoms with Crippen LogP contribution in [0, 0.1) is 0 Å². The Morgan fingerprint density at radius 2 is 2.04 bits per heavy atom. The SMILES string of the molecule is Nc1cc(C(F)(F)F)nc(SCCc2cc3c(Br)coc3cn2)n1. The molecule has 0 aliphatic carbocycles. The van der Waals surface area contributed by atoms with Gasteiger partial charge in [-0.05, 0) is 28.4 Å². The van der Waals surface area contributed by atoms with Crippen LogP contribution in [-0.4, -0.2) is 20.7 Å². The van der Waals surface area contributed by atoms with E-state index in [0.29, 0.717) is 17.8 Å². The van der Waals surface area contributed by atoms with E-state index < -0.39 is 11.9 Å². The summed E-state index contributed by atoms with van der Waals surface area (Å²) in [6.07, 6.45) is -0.826. The number of hydrogen-bond donors (Lipinski definition) is 1. The number of fused-ring (bicyclic) bond motifs is 1. The lowest BCUT2D eigenvalue weighted by Gasteiger charge is -2.08. The largest absolute Gasteiger partial charge is 0.461 e. The van der Waals surface area contributed by atoms with Gasteiger partial charge in [0.05, 0.1) is 10.7 Å². The van der Waals surface area contributed by atoms with Crippen molar-refractivity contribution >= 4 is 44.5 Å². The fourth-order valence-electron chi connectivity index (χ4n) is 1.98. The van der Waals surface area contributed by atoms with E-state index in [2.05, 4.69) is 30.9 Å². The molecule has 10 heteroatoms. The van der Waals surface area contributed by atoms with E-state index >= 15 is 0 Å². The number of nitrogen functional groups attached to an aromatic ring is 1. The van der Waals surface area contributed by atoms with Crippen molar-refractivity contribution in [1.29, 1.82) is 0 Å². The molecule has 5 nitrogen and oxygen atoms in total. The van der Waals surface area contributed by atoms with E-state index in [1.165, 1.54) is 0 Å². The molecule has 0 atom stereocenters. The highest BCUT2D eigenvalue weighted by Crippen LogP contribution is 2.30. The molecule has 0 aliphatic rings. The van der Waals surface area contributed by atoms with Crippen LogP contribution in [0.1, 0.15) is 11.4 Å². The predicted octanol–water partition coefficient (Wildman–Crippen LogP) is 4.32. The monoisotopic (exact) mass is 418 g/mol. The van der Waals surface area contributed by atoms with E-state index in [9.17, 15) is 13.2 Å². The molecule has 0 radical (unpaired) electrons. The summed E-state index contributed by atoms with van der Waals surface area (Å²) in [5.74, 6) is 0.260. The standard InChI is InChI=1S/C14H10BrF3N4OS/c15-9-6-23-10-5-20-7(3-8(9)10)1-2-24-13-21-11(14(16,17)18)4-12(19)22-13/h3-6H,1-2H2,(H2,19,21,22). The quantitative estimate of drug-likeness (QED) is 0.502. The maximum atomic E-state index is 12.7. The molecule has 0 saturated carbocycles. The molecule has 3 aromatic heterocycles. The lowest BCUT2D eigenvalue weighted by atomic mass is 10.2. The summed E-state index contributed by atoms with van der Waals surface area (Å²) in [5, 5.41) is 0.887. The van der Waals surface area contributed by atoms with Gasteiger partial charge in [-0.1, -0.05) is 11.8 Å². The third kappa shape index (κ3) is 3.81. The number of halogens is 4. The van der Waals surface area contributed by atoms with Crippen molar-refractivity contribution in [2.75, 3.05) is 11.5 Å². The lowest BCUT2D eigenvalue weighted by Crippen LogP contribution is -2.11. The van der Waals surface area contributed by atoms with Crippen LogP contribution < -0.4 is 5.73 Å². The summed E-state index contributed by atoms with van der Waals surface area (Å²) in [5.41, 5.74) is 5.82. The van der Waals surface area contributed by atoms with Crippen LogP contribution in [0.4, 0.5) is 19.0 Å². The number of alkyl halides is 3. The van der Waals surface area contributed by atoms with E-state index in [1.54, 1.807) is 12.5 Å². The Bertz CT molecular complexity index is 884. The average molecular weight is 419 g/mol. The molecule has 3 aromatic rings. The van der Waals surface area contributed by atoms with E-state index in [-0.39, 0.29) is 11.0 Å². The lowest BCUT2D eigenvalue weighted by molar-refractivity contribution is -0.141. The Morgan fingerprint density at radius 1 is 1.25 bits per heavy atom. The summed E-state index contributed by atoms with van der Waals surface area (Å²) in [4.78, 5) is 11.6. The molecule has 3 heterocycles. The number of nitrogens with two attached hydrogens (primary N) is 1. The minimum Gasteiger partial charge on any atom is -0.461 e. The second-order valence-corrected chi connectivity index (χ2v) is 6.73. The van der Waals surface area contributed by atoms with Crippen molar-refractivity contribution in [1.82, 2.24) is 15.0 Å². The third-order valence-corrected chi connectivity index (χ3v) is 4.54. The highest BCUT2D eigenvalue weighted by atomic mass is 79.9. The number of nitrogens with zero attached hydrogens (tertiary/aromatic N) is 3. The summed E-state index contributed by atoms with van der Waals surface area (Å²) < 4.78 is 44.2. The number of anilines is 1. The first-order chi connectivity index (χ1) is 11.3. The smallest absolute Gasteiger partial charge is 0.433 e. The second kappa shape index (κ2) is 6.60. The van der Waals surface area contributed by atoms with Gasteiger partial charge in [-0.2, -0.15) is 13.2 Å². The van der Waals surface area contributed by atoms with Gasteiger partial charge >= 0.3 is 6.18 Å². The van der Waals surface area contributed by atoms with Gasteiger partial charge < -0.3 is 10.2 Å². The molecule has 24 heavy (non-hydrogen) atoms. The van der Waals surface area contributed by atoms with Gasteiger partial charge in [0.15, 0.2) is 16.4 Å². The van der Waals surface area contributed by atoms with Crippen LogP contribution in [0.3, 0.4) is 0 Å². The van der Waals surface area contributed by atoms with Gasteiger partial charge in [-0.3, -0.25) is 4.98 Å². The Hall–Kier alpha value is -1.81. The van der Waals surface area contributed by atoms with Gasteiger partial charge in [0, 0.05) is 22.9 Å². The molecule has 2 N–H and O–H groups in total. The zero-order chi connectivity index (χ0) is 17.3. The van der Waals surface area contributed by atoms with E-state index in [4.69, 9.17) is 10.2 Å².